The van der Waals surface area contributed by atoms with Crippen LogP contribution in [0.4, 0.5) is 11.4 Å². The second-order valence-electron chi connectivity index (χ2n) is 7.70. The Bertz CT molecular complexity index is 1390. The first-order valence-corrected chi connectivity index (χ1v) is 10.1. The number of carbonyl (C=O) groups is 1. The molecule has 1 amide bonds. The standard InChI is InChI=1S/C25H21N3O4/c1-16-7-12-23(17(2)13-16)27(25(30)18-8-10-21(11-9-18)28(31)32)15-20-14-19-5-3-4-6-22(19)26-24(20)29/h3-14H,15H2,1-2H3,(H,26,29). The lowest BCUT2D eigenvalue weighted by Gasteiger charge is -2.25. The summed E-state index contributed by atoms with van der Waals surface area (Å²) in [6.07, 6.45) is 0. The lowest BCUT2D eigenvalue weighted by molar-refractivity contribution is -0.384. The molecule has 1 N–H and O–H groups in total. The van der Waals surface area contributed by atoms with Crippen molar-refractivity contribution in [3.8, 4) is 0 Å². The third-order valence-electron chi connectivity index (χ3n) is 5.37. The van der Waals surface area contributed by atoms with Crippen molar-refractivity contribution in [1.29, 1.82) is 0 Å². The van der Waals surface area contributed by atoms with Gasteiger partial charge in [0.25, 0.3) is 17.2 Å². The Hall–Kier alpha value is -4.26. The largest absolute Gasteiger partial charge is 0.322 e. The molecule has 0 atom stereocenters. The van der Waals surface area contributed by atoms with E-state index in [0.29, 0.717) is 16.8 Å². The number of nitrogens with zero attached hydrogens (tertiary/aromatic N) is 2. The minimum Gasteiger partial charge on any atom is -0.322 e. The van der Waals surface area contributed by atoms with E-state index in [4.69, 9.17) is 0 Å². The van der Waals surface area contributed by atoms with Crippen LogP contribution < -0.4 is 10.5 Å². The number of aromatic nitrogens is 1. The van der Waals surface area contributed by atoms with Crippen LogP contribution in [0.25, 0.3) is 10.9 Å². The number of aryl methyl sites for hydroxylation is 2. The highest BCUT2D eigenvalue weighted by atomic mass is 16.6. The van der Waals surface area contributed by atoms with E-state index >= 15 is 0 Å². The summed E-state index contributed by atoms with van der Waals surface area (Å²) in [6, 6.07) is 20.4. The first-order chi connectivity index (χ1) is 15.3. The van der Waals surface area contributed by atoms with E-state index in [-0.39, 0.29) is 23.7 Å². The number of benzene rings is 3. The van der Waals surface area contributed by atoms with E-state index < -0.39 is 4.92 Å². The highest BCUT2D eigenvalue weighted by Crippen LogP contribution is 2.26. The Labute approximate surface area is 184 Å². The Morgan fingerprint density at radius 1 is 1.00 bits per heavy atom. The number of aromatic amines is 1. The fourth-order valence-electron chi connectivity index (χ4n) is 3.74. The summed E-state index contributed by atoms with van der Waals surface area (Å²) in [7, 11) is 0. The van der Waals surface area contributed by atoms with E-state index in [1.165, 1.54) is 29.2 Å². The van der Waals surface area contributed by atoms with Crippen LogP contribution in [0.1, 0.15) is 27.0 Å². The molecule has 0 radical (unpaired) electrons. The Morgan fingerprint density at radius 3 is 2.41 bits per heavy atom. The van der Waals surface area contributed by atoms with Crippen molar-refractivity contribution < 1.29 is 9.72 Å². The van der Waals surface area contributed by atoms with Gasteiger partial charge >= 0.3 is 0 Å². The van der Waals surface area contributed by atoms with Gasteiger partial charge in [0.05, 0.1) is 11.5 Å². The molecule has 4 rings (SSSR count). The van der Waals surface area contributed by atoms with Crippen molar-refractivity contribution in [1.82, 2.24) is 4.98 Å². The molecule has 160 valence electrons. The molecule has 0 fully saturated rings. The molecule has 0 aliphatic carbocycles. The first kappa shape index (κ1) is 21.0. The minimum absolute atomic E-state index is 0.0554. The quantitative estimate of drug-likeness (QED) is 0.362. The first-order valence-electron chi connectivity index (χ1n) is 10.1. The zero-order chi connectivity index (χ0) is 22.8. The normalized spacial score (nSPS) is 10.8. The maximum absolute atomic E-state index is 13.5. The van der Waals surface area contributed by atoms with E-state index in [1.54, 1.807) is 6.07 Å². The summed E-state index contributed by atoms with van der Waals surface area (Å²) in [5.74, 6) is -0.348. The van der Waals surface area contributed by atoms with Crippen molar-refractivity contribution in [2.24, 2.45) is 0 Å². The fraction of sp³-hybridized carbons (Fsp3) is 0.120. The second-order valence-corrected chi connectivity index (χ2v) is 7.70. The summed E-state index contributed by atoms with van der Waals surface area (Å²) >= 11 is 0. The summed E-state index contributed by atoms with van der Waals surface area (Å²) in [6.45, 7) is 3.93. The van der Waals surface area contributed by atoms with Crippen LogP contribution in [-0.2, 0) is 6.54 Å². The molecule has 3 aromatic carbocycles. The van der Waals surface area contributed by atoms with Crippen LogP contribution in [0.3, 0.4) is 0 Å². The number of rotatable bonds is 5. The highest BCUT2D eigenvalue weighted by Gasteiger charge is 2.22. The van der Waals surface area contributed by atoms with Gasteiger partial charge in [-0.05, 0) is 55.1 Å². The summed E-state index contributed by atoms with van der Waals surface area (Å²) in [5, 5.41) is 11.8. The number of hydrogen-bond acceptors (Lipinski definition) is 4. The molecular weight excluding hydrogens is 406 g/mol. The summed E-state index contributed by atoms with van der Waals surface area (Å²) in [5.41, 5.74) is 3.72. The van der Waals surface area contributed by atoms with Gasteiger partial charge in [-0.1, -0.05) is 35.9 Å². The van der Waals surface area contributed by atoms with Gasteiger partial charge < -0.3 is 9.88 Å². The van der Waals surface area contributed by atoms with Crippen LogP contribution in [0.2, 0.25) is 0 Å². The van der Waals surface area contributed by atoms with Gasteiger partial charge in [0, 0.05) is 34.5 Å². The highest BCUT2D eigenvalue weighted by molar-refractivity contribution is 6.06. The van der Waals surface area contributed by atoms with Gasteiger partial charge in [-0.15, -0.1) is 0 Å². The van der Waals surface area contributed by atoms with Gasteiger partial charge in [-0.3, -0.25) is 19.7 Å². The van der Waals surface area contributed by atoms with Gasteiger partial charge in [-0.25, -0.2) is 0 Å². The number of fused-ring (bicyclic) bond motifs is 1. The van der Waals surface area contributed by atoms with Gasteiger partial charge in [-0.2, -0.15) is 0 Å². The fourth-order valence-corrected chi connectivity index (χ4v) is 3.74. The van der Waals surface area contributed by atoms with E-state index in [1.807, 2.05) is 56.3 Å². The number of nitro groups is 1. The van der Waals surface area contributed by atoms with Crippen molar-refractivity contribution in [3.63, 3.8) is 0 Å². The van der Waals surface area contributed by atoms with Crippen LogP contribution in [0.15, 0.2) is 77.6 Å². The maximum Gasteiger partial charge on any atom is 0.269 e. The molecule has 7 nitrogen and oxygen atoms in total. The molecule has 4 aromatic rings. The molecule has 0 saturated heterocycles. The molecule has 1 aromatic heterocycles. The zero-order valence-corrected chi connectivity index (χ0v) is 17.7. The number of nitro benzene ring substituents is 1. The van der Waals surface area contributed by atoms with Crippen LogP contribution in [0, 0.1) is 24.0 Å². The second kappa shape index (κ2) is 8.47. The van der Waals surface area contributed by atoms with Crippen molar-refractivity contribution >= 4 is 28.2 Å². The molecule has 7 heteroatoms. The molecule has 0 aliphatic rings. The third-order valence-corrected chi connectivity index (χ3v) is 5.37. The predicted octanol–water partition coefficient (Wildman–Crippen LogP) is 4.90. The predicted molar refractivity (Wildman–Crippen MR) is 124 cm³/mol. The molecule has 0 unspecified atom stereocenters. The number of H-pyrrole nitrogens is 1. The molecule has 0 bridgehead atoms. The van der Waals surface area contributed by atoms with Gasteiger partial charge in [0.1, 0.15) is 0 Å². The van der Waals surface area contributed by atoms with Crippen LogP contribution >= 0.6 is 0 Å². The number of non-ortho nitro benzene ring substituents is 1. The van der Waals surface area contributed by atoms with Crippen LogP contribution in [-0.4, -0.2) is 15.8 Å². The number of para-hydroxylation sites is 1. The zero-order valence-electron chi connectivity index (χ0n) is 17.7. The topological polar surface area (TPSA) is 96.3 Å². The Balaban J connectivity index is 1.79. The van der Waals surface area contributed by atoms with Crippen LogP contribution in [0.5, 0.6) is 0 Å². The van der Waals surface area contributed by atoms with E-state index in [2.05, 4.69) is 4.98 Å². The third kappa shape index (κ3) is 4.13. The number of hydrogen-bond donors (Lipinski definition) is 1. The molecule has 1 heterocycles. The number of carbonyl (C=O) groups excluding carboxylic acids is 1. The molecule has 0 aliphatic heterocycles. The van der Waals surface area contributed by atoms with Crippen molar-refractivity contribution in [3.05, 3.63) is 116 Å². The van der Waals surface area contributed by atoms with Crippen molar-refractivity contribution in [2.45, 2.75) is 20.4 Å². The minimum atomic E-state index is -0.509. The average Bonchev–Trinajstić information content (AvgIpc) is 2.78. The molecule has 0 saturated carbocycles. The average molecular weight is 427 g/mol. The Kier molecular flexibility index (Phi) is 5.55. The number of pyridine rings is 1. The van der Waals surface area contributed by atoms with E-state index in [9.17, 15) is 19.7 Å². The van der Waals surface area contributed by atoms with Gasteiger partial charge in [0.15, 0.2) is 0 Å². The van der Waals surface area contributed by atoms with E-state index in [0.717, 1.165) is 22.0 Å². The van der Waals surface area contributed by atoms with Crippen molar-refractivity contribution in [2.75, 3.05) is 4.90 Å². The maximum atomic E-state index is 13.5. The monoisotopic (exact) mass is 427 g/mol. The SMILES string of the molecule is Cc1ccc(N(Cc2cc3ccccc3[nH]c2=O)C(=O)c2ccc([N+](=O)[O-])cc2)c(C)c1. The smallest absolute Gasteiger partial charge is 0.269 e. The molecule has 32 heavy (non-hydrogen) atoms. The van der Waals surface area contributed by atoms with Gasteiger partial charge in [0.2, 0.25) is 0 Å². The number of anilines is 1. The summed E-state index contributed by atoms with van der Waals surface area (Å²) in [4.78, 5) is 41.1. The Morgan fingerprint density at radius 2 is 1.72 bits per heavy atom. The lowest BCUT2D eigenvalue weighted by Crippen LogP contribution is -2.33. The number of amides is 1. The number of nitrogens with one attached hydrogen (secondary N) is 1. The lowest BCUT2D eigenvalue weighted by atomic mass is 10.1. The summed E-state index contributed by atoms with van der Waals surface area (Å²) < 4.78 is 0. The molecular formula is C25H21N3O4. The molecule has 0 spiro atoms.